The molecule has 0 atom stereocenters. The van der Waals surface area contributed by atoms with Crippen molar-refractivity contribution in [3.63, 3.8) is 0 Å². The van der Waals surface area contributed by atoms with Gasteiger partial charge in [-0.25, -0.2) is 0 Å². The van der Waals surface area contributed by atoms with Crippen LogP contribution in [0.5, 0.6) is 5.75 Å². The summed E-state index contributed by atoms with van der Waals surface area (Å²) in [5.74, 6) is -1.14. The minimum absolute atomic E-state index is 0.103. The molecule has 0 heterocycles. The highest BCUT2D eigenvalue weighted by molar-refractivity contribution is 5.71. The molecule has 0 aliphatic carbocycles. The van der Waals surface area contributed by atoms with Gasteiger partial charge in [-0.15, -0.1) is 0 Å². The first-order valence-electron chi connectivity index (χ1n) is 5.49. The molecule has 7 nitrogen and oxygen atoms in total. The minimum atomic E-state index is -0.631. The molecule has 0 aromatic heterocycles. The van der Waals surface area contributed by atoms with Crippen molar-refractivity contribution in [3.8, 4) is 5.75 Å². The molecular formula is C12H13NO6. The molecule has 0 bridgehead atoms. The molecule has 7 heteroatoms. The molecule has 0 fully saturated rings. The summed E-state index contributed by atoms with van der Waals surface area (Å²) in [5.41, 5.74) is 0.319. The fourth-order valence-electron chi connectivity index (χ4n) is 1.41. The van der Waals surface area contributed by atoms with Crippen molar-refractivity contribution in [1.29, 1.82) is 0 Å². The number of nitro benzene ring substituents is 1. The monoisotopic (exact) mass is 267 g/mol. The normalized spacial score (nSPS) is 9.79. The third-order valence-electron chi connectivity index (χ3n) is 2.17. The summed E-state index contributed by atoms with van der Waals surface area (Å²) in [7, 11) is 0. The Kier molecular flexibility index (Phi) is 4.99. The van der Waals surface area contributed by atoms with Crippen LogP contribution in [-0.4, -0.2) is 23.5 Å². The van der Waals surface area contributed by atoms with E-state index in [0.29, 0.717) is 12.0 Å². The Morgan fingerprint density at radius 3 is 2.47 bits per heavy atom. The van der Waals surface area contributed by atoms with Crippen LogP contribution in [0.25, 0.3) is 0 Å². The van der Waals surface area contributed by atoms with Crippen molar-refractivity contribution < 1.29 is 24.0 Å². The topological polar surface area (TPSA) is 95.7 Å². The van der Waals surface area contributed by atoms with E-state index in [-0.39, 0.29) is 18.0 Å². The second-order valence-electron chi connectivity index (χ2n) is 3.74. The lowest BCUT2D eigenvalue weighted by Crippen LogP contribution is -2.06. The minimum Gasteiger partial charge on any atom is -0.466 e. The second kappa shape index (κ2) is 6.48. The number of benzene rings is 1. The number of hydrogen-bond acceptors (Lipinski definition) is 6. The maximum Gasteiger partial charge on any atom is 0.311 e. The predicted molar refractivity (Wildman–Crippen MR) is 64.7 cm³/mol. The maximum absolute atomic E-state index is 10.9. The van der Waals surface area contributed by atoms with Gasteiger partial charge in [0.15, 0.2) is 0 Å². The van der Waals surface area contributed by atoms with E-state index in [1.54, 1.807) is 6.07 Å². The number of hydrogen-bond donors (Lipinski definition) is 0. The van der Waals surface area contributed by atoms with Gasteiger partial charge in [0.2, 0.25) is 5.75 Å². The molecule has 0 spiro atoms. The van der Waals surface area contributed by atoms with E-state index in [4.69, 9.17) is 9.47 Å². The summed E-state index contributed by atoms with van der Waals surface area (Å²) >= 11 is 0. The van der Waals surface area contributed by atoms with Gasteiger partial charge in [-0.3, -0.25) is 19.7 Å². The van der Waals surface area contributed by atoms with E-state index in [1.165, 1.54) is 26.0 Å². The zero-order valence-electron chi connectivity index (χ0n) is 10.5. The SMILES string of the molecule is CC(=O)OCCc1ccc(OC(C)=O)c([N+](=O)[O-])c1. The van der Waals surface area contributed by atoms with Crippen LogP contribution < -0.4 is 4.74 Å². The van der Waals surface area contributed by atoms with Crippen molar-refractivity contribution in [3.05, 3.63) is 33.9 Å². The van der Waals surface area contributed by atoms with E-state index in [0.717, 1.165) is 0 Å². The van der Waals surface area contributed by atoms with Crippen molar-refractivity contribution >= 4 is 17.6 Å². The molecule has 0 saturated heterocycles. The Morgan fingerprint density at radius 1 is 1.26 bits per heavy atom. The zero-order valence-corrected chi connectivity index (χ0v) is 10.5. The highest BCUT2D eigenvalue weighted by Crippen LogP contribution is 2.28. The Labute approximate surface area is 109 Å². The number of esters is 2. The molecule has 19 heavy (non-hydrogen) atoms. The Balaban J connectivity index is 2.86. The van der Waals surface area contributed by atoms with Crippen LogP contribution >= 0.6 is 0 Å². The molecule has 0 aliphatic rings. The lowest BCUT2D eigenvalue weighted by Gasteiger charge is -2.06. The molecule has 1 rings (SSSR count). The van der Waals surface area contributed by atoms with Crippen molar-refractivity contribution in [2.45, 2.75) is 20.3 Å². The van der Waals surface area contributed by atoms with Crippen LogP contribution in [0.1, 0.15) is 19.4 Å². The van der Waals surface area contributed by atoms with Gasteiger partial charge in [0, 0.05) is 26.3 Å². The highest BCUT2D eigenvalue weighted by Gasteiger charge is 2.17. The van der Waals surface area contributed by atoms with E-state index >= 15 is 0 Å². The number of carbonyl (C=O) groups excluding carboxylic acids is 2. The molecule has 1 aromatic carbocycles. The summed E-state index contributed by atoms with van der Waals surface area (Å²) in [6.45, 7) is 2.59. The van der Waals surface area contributed by atoms with Crippen molar-refractivity contribution in [1.82, 2.24) is 0 Å². The summed E-state index contributed by atoms with van der Waals surface area (Å²) in [6.07, 6.45) is 0.348. The Morgan fingerprint density at radius 2 is 1.95 bits per heavy atom. The van der Waals surface area contributed by atoms with Crippen molar-refractivity contribution in [2.24, 2.45) is 0 Å². The highest BCUT2D eigenvalue weighted by atomic mass is 16.6. The van der Waals surface area contributed by atoms with Crippen LogP contribution in [0, 0.1) is 10.1 Å². The summed E-state index contributed by atoms with van der Waals surface area (Å²) < 4.78 is 9.49. The van der Waals surface area contributed by atoms with E-state index in [9.17, 15) is 19.7 Å². The summed E-state index contributed by atoms with van der Waals surface area (Å²) in [5, 5.41) is 10.9. The first-order valence-corrected chi connectivity index (χ1v) is 5.49. The average Bonchev–Trinajstić information content (AvgIpc) is 2.29. The molecule has 0 aliphatic heterocycles. The van der Waals surface area contributed by atoms with Gasteiger partial charge in [-0.1, -0.05) is 6.07 Å². The lowest BCUT2D eigenvalue weighted by atomic mass is 10.1. The van der Waals surface area contributed by atoms with Gasteiger partial charge < -0.3 is 9.47 Å². The van der Waals surface area contributed by atoms with E-state index < -0.39 is 16.9 Å². The predicted octanol–water partition coefficient (Wildman–Crippen LogP) is 1.63. The fourth-order valence-corrected chi connectivity index (χ4v) is 1.41. The number of ether oxygens (including phenoxy) is 2. The van der Waals surface area contributed by atoms with Gasteiger partial charge in [-0.2, -0.15) is 0 Å². The quantitative estimate of drug-likeness (QED) is 0.348. The van der Waals surface area contributed by atoms with Gasteiger partial charge in [-0.05, 0) is 11.6 Å². The lowest BCUT2D eigenvalue weighted by molar-refractivity contribution is -0.385. The molecule has 0 N–H and O–H groups in total. The van der Waals surface area contributed by atoms with Crippen molar-refractivity contribution in [2.75, 3.05) is 6.61 Å². The molecule has 0 amide bonds. The van der Waals surface area contributed by atoms with Gasteiger partial charge >= 0.3 is 17.6 Å². The zero-order chi connectivity index (χ0) is 14.4. The van der Waals surface area contributed by atoms with Crippen LogP contribution in [0.2, 0.25) is 0 Å². The summed E-state index contributed by atoms with van der Waals surface area (Å²) in [6, 6.07) is 4.22. The number of nitro groups is 1. The fraction of sp³-hybridized carbons (Fsp3) is 0.333. The van der Waals surface area contributed by atoms with Gasteiger partial charge in [0.05, 0.1) is 11.5 Å². The molecule has 0 saturated carbocycles. The smallest absolute Gasteiger partial charge is 0.311 e. The molecular weight excluding hydrogens is 254 g/mol. The second-order valence-corrected chi connectivity index (χ2v) is 3.74. The van der Waals surface area contributed by atoms with Gasteiger partial charge in [0.1, 0.15) is 0 Å². The third kappa shape index (κ3) is 4.74. The van der Waals surface area contributed by atoms with Crippen LogP contribution in [-0.2, 0) is 20.7 Å². The maximum atomic E-state index is 10.9. The molecule has 102 valence electrons. The molecule has 0 unspecified atom stereocenters. The standard InChI is InChI=1S/C12H13NO6/c1-8(14)18-6-5-10-3-4-12(19-9(2)15)11(7-10)13(16)17/h3-4,7H,5-6H2,1-2H3. The first-order chi connectivity index (χ1) is 8.90. The first kappa shape index (κ1) is 14.6. The van der Waals surface area contributed by atoms with Crippen LogP contribution in [0.15, 0.2) is 18.2 Å². The largest absolute Gasteiger partial charge is 0.466 e. The Hall–Kier alpha value is -2.44. The van der Waals surface area contributed by atoms with E-state index in [1.807, 2.05) is 0 Å². The molecule has 0 radical (unpaired) electrons. The number of rotatable bonds is 5. The number of carbonyl (C=O) groups is 2. The van der Waals surface area contributed by atoms with Gasteiger partial charge in [0.25, 0.3) is 0 Å². The van der Waals surface area contributed by atoms with Crippen LogP contribution in [0.4, 0.5) is 5.69 Å². The summed E-state index contributed by atoms with van der Waals surface area (Å²) in [4.78, 5) is 31.6. The average molecular weight is 267 g/mol. The van der Waals surface area contributed by atoms with E-state index in [2.05, 4.69) is 0 Å². The molecule has 1 aromatic rings. The van der Waals surface area contributed by atoms with Crippen LogP contribution in [0.3, 0.4) is 0 Å². The Bertz CT molecular complexity index is 511. The third-order valence-corrected chi connectivity index (χ3v) is 2.17. The number of nitrogens with zero attached hydrogens (tertiary/aromatic N) is 1.